The molecular weight excluding hydrogens is 328 g/mol. The van der Waals surface area contributed by atoms with E-state index in [2.05, 4.69) is 0 Å². The maximum absolute atomic E-state index is 11.6. The van der Waals surface area contributed by atoms with Gasteiger partial charge in [0.15, 0.2) is 17.2 Å². The average molecular weight is 344 g/mol. The molecule has 0 heterocycles. The zero-order valence-electron chi connectivity index (χ0n) is 13.0. The van der Waals surface area contributed by atoms with Crippen molar-refractivity contribution in [2.75, 3.05) is 6.61 Å². The minimum absolute atomic E-state index is 0.0678. The van der Waals surface area contributed by atoms with Crippen molar-refractivity contribution in [1.29, 1.82) is 0 Å². The molecule has 2 aromatic rings. The van der Waals surface area contributed by atoms with Crippen LogP contribution < -0.4 is 0 Å². The minimum Gasteiger partial charge on any atom is -0.504 e. The molecule has 0 spiro atoms. The van der Waals surface area contributed by atoms with E-state index < -0.39 is 29.2 Å². The molecule has 0 fully saturated rings. The number of esters is 1. The fourth-order valence-electron chi connectivity index (χ4n) is 2.06. The van der Waals surface area contributed by atoms with Crippen LogP contribution in [0.3, 0.4) is 0 Å². The molecule has 7 nitrogen and oxygen atoms in total. The SMILES string of the molecule is O=C(C=Cc1cc(O)c(O)c(O)c1)OCCc1cccc(C(=O)O)c1. The van der Waals surface area contributed by atoms with Gasteiger partial charge in [-0.1, -0.05) is 12.1 Å². The predicted octanol–water partition coefficient (Wildman–Crippen LogP) is 2.30. The first-order valence-electron chi connectivity index (χ1n) is 7.29. The van der Waals surface area contributed by atoms with Crippen LogP contribution in [0.5, 0.6) is 17.2 Å². The monoisotopic (exact) mass is 344 g/mol. The van der Waals surface area contributed by atoms with Gasteiger partial charge in [-0.05, 0) is 41.5 Å². The van der Waals surface area contributed by atoms with Gasteiger partial charge in [0.2, 0.25) is 0 Å². The molecule has 2 aromatic carbocycles. The zero-order valence-corrected chi connectivity index (χ0v) is 13.0. The van der Waals surface area contributed by atoms with Gasteiger partial charge >= 0.3 is 11.9 Å². The topological polar surface area (TPSA) is 124 Å². The largest absolute Gasteiger partial charge is 0.504 e. The highest BCUT2D eigenvalue weighted by atomic mass is 16.5. The Labute approximate surface area is 143 Å². The number of benzene rings is 2. The van der Waals surface area contributed by atoms with Gasteiger partial charge in [-0.15, -0.1) is 0 Å². The molecular formula is C18H16O7. The second-order valence-electron chi connectivity index (χ2n) is 5.16. The number of carboxylic acids is 1. The third kappa shape index (κ3) is 5.00. The molecule has 0 amide bonds. The Hall–Kier alpha value is -3.48. The van der Waals surface area contributed by atoms with Crippen molar-refractivity contribution >= 4 is 18.0 Å². The number of hydrogen-bond donors (Lipinski definition) is 4. The number of aromatic hydroxyl groups is 3. The maximum Gasteiger partial charge on any atom is 0.335 e. The molecule has 25 heavy (non-hydrogen) atoms. The molecule has 130 valence electrons. The first kappa shape index (κ1) is 17.9. The first-order valence-corrected chi connectivity index (χ1v) is 7.29. The first-order chi connectivity index (χ1) is 11.9. The standard InChI is InChI=1S/C18H16O7/c19-14-9-12(10-15(20)17(14)22)4-5-16(21)25-7-6-11-2-1-3-13(8-11)18(23)24/h1-5,8-10,19-20,22H,6-7H2,(H,23,24). The number of ether oxygens (including phenoxy) is 1. The van der Waals surface area contributed by atoms with E-state index in [4.69, 9.17) is 9.84 Å². The molecule has 0 aromatic heterocycles. The summed E-state index contributed by atoms with van der Waals surface area (Å²) >= 11 is 0. The van der Waals surface area contributed by atoms with Gasteiger partial charge in [-0.3, -0.25) is 0 Å². The van der Waals surface area contributed by atoms with Gasteiger partial charge in [0, 0.05) is 12.5 Å². The summed E-state index contributed by atoms with van der Waals surface area (Å²) in [4.78, 5) is 22.5. The number of hydrogen-bond acceptors (Lipinski definition) is 6. The van der Waals surface area contributed by atoms with Gasteiger partial charge in [-0.25, -0.2) is 9.59 Å². The molecule has 0 radical (unpaired) electrons. The summed E-state index contributed by atoms with van der Waals surface area (Å²) in [6, 6.07) is 8.69. The lowest BCUT2D eigenvalue weighted by atomic mass is 10.1. The summed E-state index contributed by atoms with van der Waals surface area (Å²) in [5.41, 5.74) is 1.19. The molecule has 0 atom stereocenters. The number of rotatable bonds is 6. The quantitative estimate of drug-likeness (QED) is 0.360. The lowest BCUT2D eigenvalue weighted by molar-refractivity contribution is -0.137. The molecule has 0 aliphatic heterocycles. The van der Waals surface area contributed by atoms with Gasteiger partial charge in [-0.2, -0.15) is 0 Å². The number of carbonyl (C=O) groups is 2. The fraction of sp³-hybridized carbons (Fsp3) is 0.111. The summed E-state index contributed by atoms with van der Waals surface area (Å²) in [5, 5.41) is 36.9. The zero-order chi connectivity index (χ0) is 18.4. The predicted molar refractivity (Wildman–Crippen MR) is 88.5 cm³/mol. The highest BCUT2D eigenvalue weighted by molar-refractivity contribution is 5.88. The van der Waals surface area contributed by atoms with Crippen LogP contribution in [0, 0.1) is 0 Å². The van der Waals surface area contributed by atoms with Gasteiger partial charge in [0.25, 0.3) is 0 Å². The van der Waals surface area contributed by atoms with Crippen LogP contribution in [0.2, 0.25) is 0 Å². The van der Waals surface area contributed by atoms with Gasteiger partial charge < -0.3 is 25.2 Å². The number of carboxylic acid groups (broad SMARTS) is 1. The molecule has 0 bridgehead atoms. The van der Waals surface area contributed by atoms with Crippen molar-refractivity contribution in [3.8, 4) is 17.2 Å². The highest BCUT2D eigenvalue weighted by Gasteiger charge is 2.07. The van der Waals surface area contributed by atoms with Crippen molar-refractivity contribution in [3.63, 3.8) is 0 Å². The lowest BCUT2D eigenvalue weighted by Gasteiger charge is -2.04. The second kappa shape index (κ2) is 7.87. The Morgan fingerprint density at radius 2 is 1.72 bits per heavy atom. The Kier molecular flexibility index (Phi) is 5.62. The molecule has 0 aliphatic carbocycles. The molecule has 0 aliphatic rings. The van der Waals surface area contributed by atoms with Crippen molar-refractivity contribution in [2.24, 2.45) is 0 Å². The smallest absolute Gasteiger partial charge is 0.335 e. The Bertz CT molecular complexity index is 801. The number of phenolic OH excluding ortho intramolecular Hbond substituents is 3. The van der Waals surface area contributed by atoms with Crippen LogP contribution >= 0.6 is 0 Å². The van der Waals surface area contributed by atoms with E-state index in [1.54, 1.807) is 12.1 Å². The van der Waals surface area contributed by atoms with E-state index in [0.717, 1.165) is 11.6 Å². The molecule has 0 saturated heterocycles. The lowest BCUT2D eigenvalue weighted by Crippen LogP contribution is -2.05. The van der Waals surface area contributed by atoms with Crippen molar-refractivity contribution in [3.05, 3.63) is 59.2 Å². The van der Waals surface area contributed by atoms with E-state index in [0.29, 0.717) is 12.0 Å². The average Bonchev–Trinajstić information content (AvgIpc) is 2.58. The third-order valence-corrected chi connectivity index (χ3v) is 3.31. The van der Waals surface area contributed by atoms with E-state index in [1.165, 1.54) is 30.3 Å². The van der Waals surface area contributed by atoms with Crippen LogP contribution in [0.4, 0.5) is 0 Å². The van der Waals surface area contributed by atoms with Crippen LogP contribution in [-0.4, -0.2) is 39.0 Å². The van der Waals surface area contributed by atoms with Gasteiger partial charge in [0.1, 0.15) is 0 Å². The van der Waals surface area contributed by atoms with Gasteiger partial charge in [0.05, 0.1) is 12.2 Å². The Morgan fingerprint density at radius 1 is 1.04 bits per heavy atom. The van der Waals surface area contributed by atoms with Crippen LogP contribution in [0.15, 0.2) is 42.5 Å². The molecule has 0 unspecified atom stereocenters. The molecule has 0 saturated carbocycles. The fourth-order valence-corrected chi connectivity index (χ4v) is 2.06. The normalized spacial score (nSPS) is 10.7. The van der Waals surface area contributed by atoms with Crippen molar-refractivity contribution in [1.82, 2.24) is 0 Å². The van der Waals surface area contributed by atoms with Crippen LogP contribution in [0.25, 0.3) is 6.08 Å². The Balaban J connectivity index is 1.88. The van der Waals surface area contributed by atoms with E-state index >= 15 is 0 Å². The summed E-state index contributed by atoms with van der Waals surface area (Å²) < 4.78 is 5.00. The maximum atomic E-state index is 11.6. The number of carbonyl (C=O) groups excluding carboxylic acids is 1. The van der Waals surface area contributed by atoms with Crippen LogP contribution in [0.1, 0.15) is 21.5 Å². The van der Waals surface area contributed by atoms with Crippen molar-refractivity contribution in [2.45, 2.75) is 6.42 Å². The van der Waals surface area contributed by atoms with Crippen LogP contribution in [-0.2, 0) is 16.0 Å². The van der Waals surface area contributed by atoms with E-state index in [9.17, 15) is 24.9 Å². The molecule has 7 heteroatoms. The third-order valence-electron chi connectivity index (χ3n) is 3.31. The second-order valence-corrected chi connectivity index (χ2v) is 5.16. The number of aromatic carboxylic acids is 1. The summed E-state index contributed by atoms with van der Waals surface area (Å²) in [6.07, 6.45) is 2.78. The summed E-state index contributed by atoms with van der Waals surface area (Å²) in [5.74, 6) is -3.32. The van der Waals surface area contributed by atoms with Crippen molar-refractivity contribution < 1.29 is 34.8 Å². The summed E-state index contributed by atoms with van der Waals surface area (Å²) in [6.45, 7) is 0.0678. The highest BCUT2D eigenvalue weighted by Crippen LogP contribution is 2.35. The molecule has 2 rings (SSSR count). The Morgan fingerprint density at radius 3 is 2.36 bits per heavy atom. The molecule has 4 N–H and O–H groups in total. The number of phenols is 3. The van der Waals surface area contributed by atoms with E-state index in [1.807, 2.05) is 0 Å². The van der Waals surface area contributed by atoms with E-state index in [-0.39, 0.29) is 12.2 Å². The summed E-state index contributed by atoms with van der Waals surface area (Å²) in [7, 11) is 0. The minimum atomic E-state index is -1.03.